The average Bonchev–Trinajstić information content (AvgIpc) is 2.77. The van der Waals surface area contributed by atoms with E-state index < -0.39 is 12.1 Å². The third kappa shape index (κ3) is 2.55. The molecule has 1 aromatic carbocycles. The van der Waals surface area contributed by atoms with Gasteiger partial charge in [0.15, 0.2) is 0 Å². The Bertz CT molecular complexity index is 617. The molecule has 3 atom stereocenters. The number of phenols is 1. The van der Waals surface area contributed by atoms with Gasteiger partial charge in [-0.25, -0.2) is 0 Å². The number of nitrogens with zero attached hydrogens (tertiary/aromatic N) is 1. The number of rotatable bonds is 3. The number of hydrogen-bond acceptors (Lipinski definition) is 5. The highest BCUT2D eigenvalue weighted by atomic mass is 32.2. The summed E-state index contributed by atoms with van der Waals surface area (Å²) in [6, 6.07) is 4.80. The number of aromatic hydroxyl groups is 1. The van der Waals surface area contributed by atoms with Crippen molar-refractivity contribution in [1.29, 1.82) is 0 Å². The van der Waals surface area contributed by atoms with Gasteiger partial charge in [0.25, 0.3) is 0 Å². The van der Waals surface area contributed by atoms with Crippen molar-refractivity contribution >= 4 is 23.6 Å². The van der Waals surface area contributed by atoms with Crippen LogP contribution in [0.3, 0.4) is 0 Å². The van der Waals surface area contributed by atoms with E-state index in [-0.39, 0.29) is 27.7 Å². The molecule has 6 nitrogen and oxygen atoms in total. The van der Waals surface area contributed by atoms with Gasteiger partial charge in [-0.05, 0) is 31.5 Å². The lowest BCUT2D eigenvalue weighted by atomic mass is 10.0. The molecule has 0 spiro atoms. The Morgan fingerprint density at radius 3 is 2.73 bits per heavy atom. The SMILES string of the molecule is CC1(C)CN2C(=O)[C@@H](NC(=O)[C@H](N)c3ccc(O)cc3)[C@H]2S1. The van der Waals surface area contributed by atoms with Crippen LogP contribution in [0.25, 0.3) is 0 Å². The predicted octanol–water partition coefficient (Wildman–Crippen LogP) is 0.571. The van der Waals surface area contributed by atoms with E-state index in [1.807, 2.05) is 0 Å². The number of thioether (sulfide) groups is 1. The topological polar surface area (TPSA) is 95.7 Å². The summed E-state index contributed by atoms with van der Waals surface area (Å²) in [5.41, 5.74) is 6.52. The number of nitrogens with one attached hydrogen (secondary N) is 1. The lowest BCUT2D eigenvalue weighted by Crippen LogP contribution is -2.67. The van der Waals surface area contributed by atoms with Crippen LogP contribution < -0.4 is 11.1 Å². The fourth-order valence-corrected chi connectivity index (χ4v) is 4.30. The maximum atomic E-state index is 12.2. The van der Waals surface area contributed by atoms with E-state index >= 15 is 0 Å². The normalized spacial score (nSPS) is 27.0. The summed E-state index contributed by atoms with van der Waals surface area (Å²) in [6.07, 6.45) is 0. The molecule has 7 heteroatoms. The number of amides is 2. The summed E-state index contributed by atoms with van der Waals surface area (Å²) in [4.78, 5) is 26.1. The standard InChI is InChI=1S/C15H19N3O3S/c1-15(2)7-18-13(21)11(14(18)22-15)17-12(20)10(16)8-3-5-9(19)6-4-8/h3-6,10-11,14,19H,7,16H2,1-2H3,(H,17,20)/t10-,11-,14-/m1/s1. The number of carbonyl (C=O) groups excluding carboxylic acids is 2. The molecule has 1 aromatic rings. The van der Waals surface area contributed by atoms with Crippen LogP contribution in [0, 0.1) is 0 Å². The summed E-state index contributed by atoms with van der Waals surface area (Å²) >= 11 is 1.70. The van der Waals surface area contributed by atoms with Crippen molar-refractivity contribution in [2.75, 3.05) is 6.54 Å². The van der Waals surface area contributed by atoms with Gasteiger partial charge in [-0.15, -0.1) is 11.8 Å². The highest BCUT2D eigenvalue weighted by Gasteiger charge is 2.56. The second-order valence-corrected chi connectivity index (χ2v) is 8.11. The molecule has 22 heavy (non-hydrogen) atoms. The number of fused-ring (bicyclic) bond motifs is 1. The first-order chi connectivity index (χ1) is 10.3. The van der Waals surface area contributed by atoms with Gasteiger partial charge in [-0.2, -0.15) is 0 Å². The predicted molar refractivity (Wildman–Crippen MR) is 84.1 cm³/mol. The van der Waals surface area contributed by atoms with Crippen LogP contribution in [0.1, 0.15) is 25.5 Å². The number of benzene rings is 1. The van der Waals surface area contributed by atoms with Crippen molar-refractivity contribution in [2.24, 2.45) is 5.73 Å². The third-order valence-electron chi connectivity index (χ3n) is 3.96. The van der Waals surface area contributed by atoms with Crippen LogP contribution in [0.5, 0.6) is 5.75 Å². The smallest absolute Gasteiger partial charge is 0.249 e. The van der Waals surface area contributed by atoms with Crippen LogP contribution >= 0.6 is 11.8 Å². The molecule has 0 aliphatic carbocycles. The zero-order chi connectivity index (χ0) is 16.1. The zero-order valence-corrected chi connectivity index (χ0v) is 13.3. The first-order valence-electron chi connectivity index (χ1n) is 7.12. The van der Waals surface area contributed by atoms with E-state index in [0.29, 0.717) is 12.1 Å². The number of carbonyl (C=O) groups is 2. The Labute approximate surface area is 133 Å². The van der Waals surface area contributed by atoms with Crippen LogP contribution in [0.2, 0.25) is 0 Å². The molecular formula is C15H19N3O3S. The molecule has 0 bridgehead atoms. The number of phenolic OH excluding ortho intramolecular Hbond substituents is 1. The maximum Gasteiger partial charge on any atom is 0.249 e. The van der Waals surface area contributed by atoms with Gasteiger partial charge >= 0.3 is 0 Å². The minimum atomic E-state index is -0.859. The molecular weight excluding hydrogens is 302 g/mol. The van der Waals surface area contributed by atoms with Gasteiger partial charge < -0.3 is 21.1 Å². The molecule has 2 heterocycles. The highest BCUT2D eigenvalue weighted by Crippen LogP contribution is 2.46. The van der Waals surface area contributed by atoms with Gasteiger partial charge in [0, 0.05) is 11.3 Å². The Morgan fingerprint density at radius 1 is 1.45 bits per heavy atom. The van der Waals surface area contributed by atoms with E-state index in [1.165, 1.54) is 12.1 Å². The van der Waals surface area contributed by atoms with Crippen LogP contribution in [-0.4, -0.2) is 44.5 Å². The molecule has 2 saturated heterocycles. The van der Waals surface area contributed by atoms with Crippen molar-refractivity contribution < 1.29 is 14.7 Å². The number of β-lactam (4-membered cyclic amide) rings is 1. The minimum Gasteiger partial charge on any atom is -0.508 e. The van der Waals surface area contributed by atoms with E-state index in [9.17, 15) is 14.7 Å². The summed E-state index contributed by atoms with van der Waals surface area (Å²) < 4.78 is 0.0128. The fourth-order valence-electron chi connectivity index (χ4n) is 2.81. The minimum absolute atomic E-state index is 0.00142. The fraction of sp³-hybridized carbons (Fsp3) is 0.467. The van der Waals surface area contributed by atoms with E-state index in [0.717, 1.165) is 0 Å². The molecule has 0 aromatic heterocycles. The maximum absolute atomic E-state index is 12.2. The van der Waals surface area contributed by atoms with Gasteiger partial charge in [-0.1, -0.05) is 12.1 Å². The molecule has 2 aliphatic heterocycles. The largest absolute Gasteiger partial charge is 0.508 e. The summed E-state index contributed by atoms with van der Waals surface area (Å²) in [7, 11) is 0. The Kier molecular flexibility index (Phi) is 3.57. The molecule has 2 amide bonds. The molecule has 0 unspecified atom stereocenters. The molecule has 4 N–H and O–H groups in total. The summed E-state index contributed by atoms with van der Waals surface area (Å²) in [5.74, 6) is -0.311. The van der Waals surface area contributed by atoms with Gasteiger partial charge in [0.2, 0.25) is 11.8 Å². The van der Waals surface area contributed by atoms with Crippen LogP contribution in [-0.2, 0) is 9.59 Å². The Morgan fingerprint density at radius 2 is 2.09 bits per heavy atom. The van der Waals surface area contributed by atoms with Crippen molar-refractivity contribution in [3.05, 3.63) is 29.8 Å². The van der Waals surface area contributed by atoms with Gasteiger partial charge in [-0.3, -0.25) is 9.59 Å². The molecule has 2 aliphatic rings. The lowest BCUT2D eigenvalue weighted by molar-refractivity contribution is -0.148. The quantitative estimate of drug-likeness (QED) is 0.708. The molecule has 118 valence electrons. The van der Waals surface area contributed by atoms with Crippen LogP contribution in [0.4, 0.5) is 0 Å². The lowest BCUT2D eigenvalue weighted by Gasteiger charge is -2.41. The van der Waals surface area contributed by atoms with Crippen molar-refractivity contribution in [1.82, 2.24) is 10.2 Å². The molecule has 2 fully saturated rings. The van der Waals surface area contributed by atoms with Crippen molar-refractivity contribution in [3.8, 4) is 5.75 Å². The highest BCUT2D eigenvalue weighted by molar-refractivity contribution is 8.01. The van der Waals surface area contributed by atoms with E-state index in [2.05, 4.69) is 19.2 Å². The Hall–Kier alpha value is -1.73. The van der Waals surface area contributed by atoms with Gasteiger partial charge in [0.05, 0.1) is 0 Å². The Balaban J connectivity index is 1.65. The van der Waals surface area contributed by atoms with Crippen molar-refractivity contribution in [2.45, 2.75) is 36.1 Å². The summed E-state index contributed by atoms with van der Waals surface area (Å²) in [5, 5.41) is 12.0. The third-order valence-corrected chi connectivity index (χ3v) is 5.50. The second-order valence-electron chi connectivity index (χ2n) is 6.29. The molecule has 0 radical (unpaired) electrons. The molecule has 0 saturated carbocycles. The first-order valence-corrected chi connectivity index (χ1v) is 8.00. The van der Waals surface area contributed by atoms with E-state index in [4.69, 9.17) is 5.73 Å². The number of hydrogen-bond donors (Lipinski definition) is 3. The van der Waals surface area contributed by atoms with Crippen molar-refractivity contribution in [3.63, 3.8) is 0 Å². The molecule has 3 rings (SSSR count). The zero-order valence-electron chi connectivity index (χ0n) is 12.4. The second kappa shape index (κ2) is 5.17. The monoisotopic (exact) mass is 321 g/mol. The summed E-state index contributed by atoms with van der Waals surface area (Å²) in [6.45, 7) is 4.88. The average molecular weight is 321 g/mol. The van der Waals surface area contributed by atoms with Crippen LogP contribution in [0.15, 0.2) is 24.3 Å². The number of nitrogens with two attached hydrogens (primary N) is 1. The van der Waals surface area contributed by atoms with E-state index in [1.54, 1.807) is 28.8 Å². The van der Waals surface area contributed by atoms with Gasteiger partial charge in [0.1, 0.15) is 23.2 Å². The first kappa shape index (κ1) is 15.2.